The fourth-order valence-electron chi connectivity index (χ4n) is 1.61. The number of ether oxygens (including phenoxy) is 2. The van der Waals surface area contributed by atoms with Crippen molar-refractivity contribution in [1.82, 2.24) is 10.6 Å². The van der Waals surface area contributed by atoms with Gasteiger partial charge in [0.15, 0.2) is 0 Å². The molecule has 0 unspecified atom stereocenters. The first-order valence-electron chi connectivity index (χ1n) is 8.57. The Morgan fingerprint density at radius 1 is 0.917 bits per heavy atom. The molecular weight excluding hydrogens is 312 g/mol. The highest BCUT2D eigenvalue weighted by Crippen LogP contribution is 2.12. The Morgan fingerprint density at radius 3 is 2.21 bits per heavy atom. The summed E-state index contributed by atoms with van der Waals surface area (Å²) in [5.74, 6) is -0.541. The molecule has 7 heteroatoms. The van der Waals surface area contributed by atoms with E-state index in [9.17, 15) is 14.4 Å². The third kappa shape index (κ3) is 15.1. The Morgan fingerprint density at radius 2 is 1.58 bits per heavy atom. The highest BCUT2D eigenvalue weighted by atomic mass is 16.5. The van der Waals surface area contributed by atoms with Gasteiger partial charge in [0.2, 0.25) is 5.91 Å². The molecule has 24 heavy (non-hydrogen) atoms. The fourth-order valence-corrected chi connectivity index (χ4v) is 1.61. The van der Waals surface area contributed by atoms with Gasteiger partial charge in [-0.1, -0.05) is 40.5 Å². The average Bonchev–Trinajstić information content (AvgIpc) is 2.49. The molecule has 0 radical (unpaired) electrons. The maximum Gasteiger partial charge on any atom is 0.407 e. The number of carbonyl (C=O) groups excluding carboxylic acids is 3. The van der Waals surface area contributed by atoms with Crippen molar-refractivity contribution in [2.24, 2.45) is 5.41 Å². The van der Waals surface area contributed by atoms with Crippen LogP contribution in [0.15, 0.2) is 0 Å². The highest BCUT2D eigenvalue weighted by Gasteiger charge is 2.13. The minimum Gasteiger partial charge on any atom is -0.466 e. The Balaban J connectivity index is 3.59. The van der Waals surface area contributed by atoms with Crippen LogP contribution in [0.25, 0.3) is 0 Å². The lowest BCUT2D eigenvalue weighted by atomic mass is 9.99. The van der Waals surface area contributed by atoms with E-state index in [4.69, 9.17) is 9.47 Å². The number of hydrogen-bond donors (Lipinski definition) is 2. The Hall–Kier alpha value is -1.79. The molecule has 0 heterocycles. The molecule has 140 valence electrons. The third-order valence-electron chi connectivity index (χ3n) is 2.92. The zero-order chi connectivity index (χ0) is 18.4. The largest absolute Gasteiger partial charge is 0.466 e. The quantitative estimate of drug-likeness (QED) is 0.443. The van der Waals surface area contributed by atoms with Crippen LogP contribution in [-0.2, 0) is 19.1 Å². The normalized spacial score (nSPS) is 10.8. The Kier molecular flexibility index (Phi) is 11.7. The van der Waals surface area contributed by atoms with E-state index in [1.807, 2.05) is 20.8 Å². The Labute approximate surface area is 144 Å². The van der Waals surface area contributed by atoms with Gasteiger partial charge in [-0.3, -0.25) is 9.59 Å². The van der Waals surface area contributed by atoms with Gasteiger partial charge in [0.05, 0.1) is 19.6 Å². The van der Waals surface area contributed by atoms with Gasteiger partial charge in [0, 0.05) is 19.5 Å². The first-order valence-corrected chi connectivity index (χ1v) is 8.57. The van der Waals surface area contributed by atoms with Crippen LogP contribution < -0.4 is 10.6 Å². The summed E-state index contributed by atoms with van der Waals surface area (Å²) in [4.78, 5) is 34.4. The number of alkyl carbamates (subject to hydrolysis) is 1. The van der Waals surface area contributed by atoms with Gasteiger partial charge in [-0.25, -0.2) is 4.79 Å². The van der Waals surface area contributed by atoms with E-state index in [1.165, 1.54) is 0 Å². The van der Waals surface area contributed by atoms with Crippen molar-refractivity contribution >= 4 is 18.0 Å². The number of unbranched alkanes of at least 4 members (excludes halogenated alkanes) is 2. The molecular formula is C17H32N2O5. The molecule has 0 bridgehead atoms. The number of amides is 2. The summed E-state index contributed by atoms with van der Waals surface area (Å²) in [6, 6.07) is 0. The van der Waals surface area contributed by atoms with Crippen molar-refractivity contribution < 1.29 is 23.9 Å². The zero-order valence-electron chi connectivity index (χ0n) is 15.4. The molecule has 0 aliphatic heterocycles. The van der Waals surface area contributed by atoms with Crippen LogP contribution >= 0.6 is 0 Å². The lowest BCUT2D eigenvalue weighted by Crippen LogP contribution is -2.33. The lowest BCUT2D eigenvalue weighted by Gasteiger charge is -2.17. The molecule has 0 aliphatic rings. The maximum absolute atomic E-state index is 11.6. The molecule has 2 amide bonds. The van der Waals surface area contributed by atoms with Crippen molar-refractivity contribution in [2.75, 3.05) is 26.3 Å². The molecule has 0 rings (SSSR count). The maximum atomic E-state index is 11.6. The summed E-state index contributed by atoms with van der Waals surface area (Å²) in [7, 11) is 0. The molecule has 0 spiro atoms. The van der Waals surface area contributed by atoms with Crippen LogP contribution in [0, 0.1) is 5.41 Å². The van der Waals surface area contributed by atoms with Crippen molar-refractivity contribution in [1.29, 1.82) is 0 Å². The van der Waals surface area contributed by atoms with E-state index in [1.54, 1.807) is 0 Å². The zero-order valence-corrected chi connectivity index (χ0v) is 15.4. The summed E-state index contributed by atoms with van der Waals surface area (Å²) in [5.41, 5.74) is -0.0974. The summed E-state index contributed by atoms with van der Waals surface area (Å²) >= 11 is 0. The van der Waals surface area contributed by atoms with Gasteiger partial charge >= 0.3 is 12.1 Å². The summed E-state index contributed by atoms with van der Waals surface area (Å²) in [6.45, 7) is 9.13. The Bertz CT molecular complexity index is 391. The summed E-state index contributed by atoms with van der Waals surface area (Å²) in [5, 5.41) is 5.12. The first-order chi connectivity index (χ1) is 11.2. The smallest absolute Gasteiger partial charge is 0.407 e. The molecule has 0 saturated carbocycles. The molecule has 0 fully saturated rings. The van der Waals surface area contributed by atoms with Crippen LogP contribution in [0.4, 0.5) is 4.79 Å². The van der Waals surface area contributed by atoms with Crippen LogP contribution in [-0.4, -0.2) is 44.3 Å². The van der Waals surface area contributed by atoms with Gasteiger partial charge < -0.3 is 20.1 Å². The fraction of sp³-hybridized carbons (Fsp3) is 0.824. The van der Waals surface area contributed by atoms with Gasteiger partial charge in [-0.05, 0) is 11.8 Å². The molecule has 7 nitrogen and oxygen atoms in total. The summed E-state index contributed by atoms with van der Waals surface area (Å²) in [6.07, 6.45) is 2.73. The van der Waals surface area contributed by atoms with Crippen LogP contribution in [0.5, 0.6) is 0 Å². The standard InChI is InChI=1S/C17H32N2O5/c1-5-6-7-12-23-15(21)9-11-18-14(20)8-10-19-16(22)24-13-17(2,3)4/h5-13H2,1-4H3,(H,18,20)(H,19,22). The minimum atomic E-state index is -0.534. The van der Waals surface area contributed by atoms with Gasteiger partial charge in [-0.15, -0.1) is 0 Å². The van der Waals surface area contributed by atoms with E-state index < -0.39 is 6.09 Å². The number of esters is 1. The molecule has 0 aromatic rings. The average molecular weight is 344 g/mol. The molecule has 2 N–H and O–H groups in total. The first kappa shape index (κ1) is 22.2. The van der Waals surface area contributed by atoms with Gasteiger partial charge in [-0.2, -0.15) is 0 Å². The predicted octanol–water partition coefficient (Wildman–Crippen LogP) is 2.39. The van der Waals surface area contributed by atoms with E-state index >= 15 is 0 Å². The molecule has 0 aromatic carbocycles. The van der Waals surface area contributed by atoms with E-state index in [0.29, 0.717) is 13.2 Å². The van der Waals surface area contributed by atoms with E-state index in [2.05, 4.69) is 17.6 Å². The topological polar surface area (TPSA) is 93.7 Å². The van der Waals surface area contributed by atoms with Crippen LogP contribution in [0.3, 0.4) is 0 Å². The van der Waals surface area contributed by atoms with Crippen LogP contribution in [0.1, 0.15) is 59.8 Å². The summed E-state index contributed by atoms with van der Waals surface area (Å²) < 4.78 is 10.0. The SMILES string of the molecule is CCCCCOC(=O)CCNC(=O)CCNC(=O)OCC(C)(C)C. The predicted molar refractivity (Wildman–Crippen MR) is 91.5 cm³/mol. The monoisotopic (exact) mass is 344 g/mol. The number of nitrogens with one attached hydrogen (secondary N) is 2. The van der Waals surface area contributed by atoms with Gasteiger partial charge in [0.25, 0.3) is 0 Å². The minimum absolute atomic E-state index is 0.0974. The van der Waals surface area contributed by atoms with Crippen molar-refractivity contribution in [3.63, 3.8) is 0 Å². The second-order valence-corrected chi connectivity index (χ2v) is 6.84. The highest BCUT2D eigenvalue weighted by molar-refractivity contribution is 5.77. The number of carbonyl (C=O) groups is 3. The van der Waals surface area contributed by atoms with Crippen molar-refractivity contribution in [3.8, 4) is 0 Å². The number of hydrogen-bond acceptors (Lipinski definition) is 5. The molecule has 0 saturated heterocycles. The van der Waals surface area contributed by atoms with Crippen molar-refractivity contribution in [3.05, 3.63) is 0 Å². The number of rotatable bonds is 11. The molecule has 0 aromatic heterocycles. The lowest BCUT2D eigenvalue weighted by molar-refractivity contribution is -0.143. The molecule has 0 atom stereocenters. The van der Waals surface area contributed by atoms with Crippen molar-refractivity contribution in [2.45, 2.75) is 59.8 Å². The van der Waals surface area contributed by atoms with Crippen LogP contribution in [0.2, 0.25) is 0 Å². The van der Waals surface area contributed by atoms with E-state index in [0.717, 1.165) is 19.3 Å². The second-order valence-electron chi connectivity index (χ2n) is 6.84. The molecule has 0 aliphatic carbocycles. The van der Waals surface area contributed by atoms with Gasteiger partial charge in [0.1, 0.15) is 0 Å². The van der Waals surface area contributed by atoms with E-state index in [-0.39, 0.29) is 43.2 Å². The second kappa shape index (κ2) is 12.6. The third-order valence-corrected chi connectivity index (χ3v) is 2.92.